The van der Waals surface area contributed by atoms with Crippen LogP contribution >= 0.6 is 0 Å². The Morgan fingerprint density at radius 2 is 1.45 bits per heavy atom. The number of nitrogens with one attached hydrogen (secondary N) is 2. The van der Waals surface area contributed by atoms with Crippen molar-refractivity contribution < 1.29 is 4.79 Å². The molecule has 1 amide bonds. The molecule has 0 bridgehead atoms. The van der Waals surface area contributed by atoms with Crippen LogP contribution in [-0.4, -0.2) is 48.6 Å². The molecule has 2 atom stereocenters. The molecule has 4 heteroatoms. The van der Waals surface area contributed by atoms with Crippen molar-refractivity contribution in [1.82, 2.24) is 15.5 Å². The van der Waals surface area contributed by atoms with E-state index in [0.29, 0.717) is 18.6 Å². The van der Waals surface area contributed by atoms with Crippen LogP contribution in [0.1, 0.15) is 75.3 Å². The zero-order chi connectivity index (χ0) is 22.9. The van der Waals surface area contributed by atoms with Crippen LogP contribution in [0.25, 0.3) is 0 Å². The van der Waals surface area contributed by atoms with Gasteiger partial charge in [0.15, 0.2) is 0 Å². The lowest BCUT2D eigenvalue weighted by atomic mass is 9.90. The molecule has 2 fully saturated rings. The standard InChI is InChI=1S/C29H41N3O/c1-2-30-29(33)28-20-26(31-25-18-12-4-3-5-13-19-25)21-32(28)22-27(23-14-8-6-9-15-23)24-16-10-7-11-17-24/h6-11,14-17,25-28,31H,2-5,12-13,18-22H2,1H3,(H,30,33)/t26-,28+/m1/s1. The molecule has 0 unspecified atom stereocenters. The number of hydrogen-bond donors (Lipinski definition) is 2. The second-order valence-corrected chi connectivity index (χ2v) is 9.88. The summed E-state index contributed by atoms with van der Waals surface area (Å²) < 4.78 is 0. The van der Waals surface area contributed by atoms with Crippen LogP contribution in [0.2, 0.25) is 0 Å². The van der Waals surface area contributed by atoms with Gasteiger partial charge in [-0.15, -0.1) is 0 Å². The molecular weight excluding hydrogens is 406 g/mol. The Balaban J connectivity index is 1.51. The van der Waals surface area contributed by atoms with Crippen molar-refractivity contribution in [2.75, 3.05) is 19.6 Å². The molecule has 178 valence electrons. The third kappa shape index (κ3) is 6.68. The zero-order valence-corrected chi connectivity index (χ0v) is 20.2. The van der Waals surface area contributed by atoms with E-state index in [1.54, 1.807) is 0 Å². The summed E-state index contributed by atoms with van der Waals surface area (Å²) in [5, 5.41) is 7.08. The Morgan fingerprint density at radius 3 is 2.03 bits per heavy atom. The van der Waals surface area contributed by atoms with Gasteiger partial charge in [-0.25, -0.2) is 0 Å². The Labute approximate surface area is 200 Å². The highest BCUT2D eigenvalue weighted by atomic mass is 16.2. The van der Waals surface area contributed by atoms with Gasteiger partial charge in [0.05, 0.1) is 6.04 Å². The third-order valence-electron chi connectivity index (χ3n) is 7.45. The molecule has 1 saturated heterocycles. The minimum atomic E-state index is -0.0640. The lowest BCUT2D eigenvalue weighted by molar-refractivity contribution is -0.125. The Bertz CT molecular complexity index is 793. The summed E-state index contributed by atoms with van der Waals surface area (Å²) in [6, 6.07) is 22.4. The lowest BCUT2D eigenvalue weighted by Crippen LogP contribution is -2.44. The first kappa shape index (κ1) is 24.0. The van der Waals surface area contributed by atoms with Crippen molar-refractivity contribution in [3.05, 3.63) is 71.8 Å². The number of likely N-dealkylation sites (tertiary alicyclic amines) is 1. The number of likely N-dealkylation sites (N-methyl/N-ethyl adjacent to an activating group) is 1. The molecule has 2 aromatic carbocycles. The Kier molecular flexibility index (Phi) is 8.96. The van der Waals surface area contributed by atoms with Crippen LogP contribution in [0, 0.1) is 0 Å². The predicted octanol–water partition coefficient (Wildman–Crippen LogP) is 5.10. The number of carbonyl (C=O) groups excluding carboxylic acids is 1. The van der Waals surface area contributed by atoms with E-state index in [-0.39, 0.29) is 17.9 Å². The molecule has 33 heavy (non-hydrogen) atoms. The first-order valence-corrected chi connectivity index (χ1v) is 13.1. The molecule has 4 nitrogen and oxygen atoms in total. The summed E-state index contributed by atoms with van der Waals surface area (Å²) in [5.41, 5.74) is 2.63. The highest BCUT2D eigenvalue weighted by molar-refractivity contribution is 5.82. The number of benzene rings is 2. The van der Waals surface area contributed by atoms with Crippen LogP contribution in [0.5, 0.6) is 0 Å². The van der Waals surface area contributed by atoms with Gasteiger partial charge in [0, 0.05) is 37.6 Å². The monoisotopic (exact) mass is 447 g/mol. The third-order valence-corrected chi connectivity index (χ3v) is 7.45. The minimum absolute atomic E-state index is 0.0640. The zero-order valence-electron chi connectivity index (χ0n) is 20.2. The van der Waals surface area contributed by atoms with E-state index in [1.807, 2.05) is 6.92 Å². The van der Waals surface area contributed by atoms with Crippen molar-refractivity contribution in [2.24, 2.45) is 0 Å². The molecule has 1 saturated carbocycles. The highest BCUT2D eigenvalue weighted by Crippen LogP contribution is 2.30. The van der Waals surface area contributed by atoms with Gasteiger partial charge in [-0.3, -0.25) is 9.69 Å². The number of rotatable bonds is 8. The van der Waals surface area contributed by atoms with Gasteiger partial charge in [-0.05, 0) is 37.3 Å². The van der Waals surface area contributed by atoms with Gasteiger partial charge in [0.25, 0.3) is 0 Å². The van der Waals surface area contributed by atoms with E-state index in [9.17, 15) is 4.79 Å². The molecule has 0 radical (unpaired) electrons. The van der Waals surface area contributed by atoms with Crippen molar-refractivity contribution in [2.45, 2.75) is 82.3 Å². The van der Waals surface area contributed by atoms with Crippen LogP contribution in [0.15, 0.2) is 60.7 Å². The quantitative estimate of drug-likeness (QED) is 0.592. The molecular formula is C29H41N3O. The topological polar surface area (TPSA) is 44.4 Å². The minimum Gasteiger partial charge on any atom is -0.355 e. The van der Waals surface area contributed by atoms with Crippen molar-refractivity contribution in [1.29, 1.82) is 0 Å². The van der Waals surface area contributed by atoms with Crippen LogP contribution in [0.4, 0.5) is 0 Å². The fraction of sp³-hybridized carbons (Fsp3) is 0.552. The lowest BCUT2D eigenvalue weighted by Gasteiger charge is -2.29. The van der Waals surface area contributed by atoms with Crippen LogP contribution in [0.3, 0.4) is 0 Å². The summed E-state index contributed by atoms with van der Waals surface area (Å²) in [6.07, 6.45) is 10.2. The van der Waals surface area contributed by atoms with Crippen LogP contribution < -0.4 is 10.6 Å². The van der Waals surface area contributed by atoms with Crippen molar-refractivity contribution in [3.63, 3.8) is 0 Å². The molecule has 1 aliphatic carbocycles. The molecule has 2 N–H and O–H groups in total. The molecule has 1 aliphatic heterocycles. The van der Waals surface area contributed by atoms with Gasteiger partial charge in [-0.1, -0.05) is 92.8 Å². The van der Waals surface area contributed by atoms with Crippen molar-refractivity contribution >= 4 is 5.91 Å². The largest absolute Gasteiger partial charge is 0.355 e. The molecule has 2 aromatic rings. The second-order valence-electron chi connectivity index (χ2n) is 9.88. The fourth-order valence-corrected chi connectivity index (χ4v) is 5.76. The Hall–Kier alpha value is -2.17. The smallest absolute Gasteiger partial charge is 0.237 e. The van der Waals surface area contributed by atoms with Gasteiger partial charge in [0.2, 0.25) is 5.91 Å². The van der Waals surface area contributed by atoms with E-state index in [0.717, 1.165) is 19.5 Å². The van der Waals surface area contributed by atoms with Crippen LogP contribution in [-0.2, 0) is 4.79 Å². The summed E-state index contributed by atoms with van der Waals surface area (Å²) in [4.78, 5) is 15.5. The maximum atomic E-state index is 13.1. The van der Waals surface area contributed by atoms with E-state index >= 15 is 0 Å². The van der Waals surface area contributed by atoms with Gasteiger partial charge in [-0.2, -0.15) is 0 Å². The average Bonchev–Trinajstić information content (AvgIpc) is 3.23. The summed E-state index contributed by atoms with van der Waals surface area (Å²) in [6.45, 7) is 4.50. The SMILES string of the molecule is CCNC(=O)[C@@H]1C[C@@H](NC2CCCCCCC2)CN1CC(c1ccccc1)c1ccccc1. The average molecular weight is 448 g/mol. The molecule has 0 spiro atoms. The first-order chi connectivity index (χ1) is 16.2. The van der Waals surface area contributed by atoms with Gasteiger partial charge >= 0.3 is 0 Å². The predicted molar refractivity (Wildman–Crippen MR) is 136 cm³/mol. The number of amides is 1. The first-order valence-electron chi connectivity index (χ1n) is 13.1. The second kappa shape index (κ2) is 12.3. The summed E-state index contributed by atoms with van der Waals surface area (Å²) in [7, 11) is 0. The van der Waals surface area contributed by atoms with E-state index in [2.05, 4.69) is 76.2 Å². The van der Waals surface area contributed by atoms with Gasteiger partial charge < -0.3 is 10.6 Å². The molecule has 1 heterocycles. The summed E-state index contributed by atoms with van der Waals surface area (Å²) >= 11 is 0. The molecule has 2 aliphatic rings. The van der Waals surface area contributed by atoms with Crippen molar-refractivity contribution in [3.8, 4) is 0 Å². The van der Waals surface area contributed by atoms with E-state index in [1.165, 1.54) is 56.1 Å². The highest BCUT2D eigenvalue weighted by Gasteiger charge is 2.38. The fourth-order valence-electron chi connectivity index (χ4n) is 5.76. The number of hydrogen-bond acceptors (Lipinski definition) is 3. The maximum absolute atomic E-state index is 13.1. The molecule has 4 rings (SSSR count). The van der Waals surface area contributed by atoms with E-state index < -0.39 is 0 Å². The van der Waals surface area contributed by atoms with Gasteiger partial charge in [0.1, 0.15) is 0 Å². The number of carbonyl (C=O) groups is 1. The maximum Gasteiger partial charge on any atom is 0.237 e. The Morgan fingerprint density at radius 1 is 0.879 bits per heavy atom. The summed E-state index contributed by atoms with van der Waals surface area (Å²) in [5.74, 6) is 0.434. The molecule has 0 aromatic heterocycles. The number of nitrogens with zero attached hydrogens (tertiary/aromatic N) is 1. The normalized spacial score (nSPS) is 22.7. The van der Waals surface area contributed by atoms with E-state index in [4.69, 9.17) is 0 Å².